The second-order valence-corrected chi connectivity index (χ2v) is 8.68. The van der Waals surface area contributed by atoms with Gasteiger partial charge >= 0.3 is 6.03 Å². The van der Waals surface area contributed by atoms with Crippen molar-refractivity contribution in [2.24, 2.45) is 0 Å². The molecule has 1 aliphatic heterocycles. The number of pyridine rings is 1. The standard InChI is InChI=1S/C27H25FN4O2/c28-22-9-8-20-15-18(6-7-21(20)16-22)17-32-13-10-23(11-14-32)30-27(34)31-26(33)24-5-1-3-19-4-2-12-29-25(19)24/h1-9,12,15-16,23H,10-11,13-14,17H2,(H2,30,31,33,34). The normalized spacial score (nSPS) is 14.9. The van der Waals surface area contributed by atoms with Crippen LogP contribution < -0.4 is 10.6 Å². The minimum Gasteiger partial charge on any atom is -0.335 e. The van der Waals surface area contributed by atoms with Crippen LogP contribution in [0.3, 0.4) is 0 Å². The fraction of sp³-hybridized carbons (Fsp3) is 0.222. The van der Waals surface area contributed by atoms with Gasteiger partial charge in [0, 0.05) is 37.3 Å². The SMILES string of the molecule is O=C(NC(=O)c1cccc2cccnc12)NC1CCN(Cc2ccc3cc(F)ccc3c2)CC1. The van der Waals surface area contributed by atoms with Gasteiger partial charge in [0.25, 0.3) is 5.91 Å². The lowest BCUT2D eigenvalue weighted by Gasteiger charge is -2.32. The van der Waals surface area contributed by atoms with Crippen molar-refractivity contribution in [3.05, 3.63) is 89.9 Å². The van der Waals surface area contributed by atoms with E-state index in [0.29, 0.717) is 11.1 Å². The van der Waals surface area contributed by atoms with E-state index in [9.17, 15) is 14.0 Å². The van der Waals surface area contributed by atoms with E-state index in [1.165, 1.54) is 11.6 Å². The van der Waals surface area contributed by atoms with Crippen molar-refractivity contribution in [1.82, 2.24) is 20.5 Å². The Bertz CT molecular complexity index is 1360. The largest absolute Gasteiger partial charge is 0.335 e. The number of benzene rings is 3. The number of hydrogen-bond acceptors (Lipinski definition) is 4. The number of para-hydroxylation sites is 1. The minimum atomic E-state index is -0.488. The molecule has 0 saturated carbocycles. The summed E-state index contributed by atoms with van der Waals surface area (Å²) in [5.41, 5.74) is 2.13. The number of halogens is 1. The highest BCUT2D eigenvalue weighted by atomic mass is 19.1. The molecule has 4 aromatic rings. The Labute approximate surface area is 196 Å². The lowest BCUT2D eigenvalue weighted by molar-refractivity contribution is 0.0963. The zero-order valence-electron chi connectivity index (χ0n) is 18.6. The van der Waals surface area contributed by atoms with Crippen molar-refractivity contribution in [3.63, 3.8) is 0 Å². The minimum absolute atomic E-state index is 0.00858. The summed E-state index contributed by atoms with van der Waals surface area (Å²) in [6.07, 6.45) is 3.23. The lowest BCUT2D eigenvalue weighted by Crippen LogP contribution is -2.49. The summed E-state index contributed by atoms with van der Waals surface area (Å²) in [5, 5.41) is 8.14. The molecule has 0 radical (unpaired) electrons. The number of imide groups is 1. The van der Waals surface area contributed by atoms with Gasteiger partial charge in [-0.25, -0.2) is 9.18 Å². The first-order valence-electron chi connectivity index (χ1n) is 11.4. The molecular weight excluding hydrogens is 431 g/mol. The van der Waals surface area contributed by atoms with Gasteiger partial charge in [-0.15, -0.1) is 0 Å². The lowest BCUT2D eigenvalue weighted by atomic mass is 10.0. The quantitative estimate of drug-likeness (QED) is 0.470. The molecule has 2 N–H and O–H groups in total. The second kappa shape index (κ2) is 9.57. The molecule has 2 heterocycles. The summed E-state index contributed by atoms with van der Waals surface area (Å²) in [7, 11) is 0. The summed E-state index contributed by atoms with van der Waals surface area (Å²) >= 11 is 0. The number of likely N-dealkylation sites (tertiary alicyclic amines) is 1. The number of nitrogens with one attached hydrogen (secondary N) is 2. The third-order valence-electron chi connectivity index (χ3n) is 6.30. The summed E-state index contributed by atoms with van der Waals surface area (Å²) < 4.78 is 13.4. The summed E-state index contributed by atoms with van der Waals surface area (Å²) in [4.78, 5) is 31.7. The Morgan fingerprint density at radius 3 is 2.56 bits per heavy atom. The first-order chi connectivity index (χ1) is 16.5. The third-order valence-corrected chi connectivity index (χ3v) is 6.30. The number of carbonyl (C=O) groups excluding carboxylic acids is 2. The van der Waals surface area contributed by atoms with Crippen LogP contribution in [0.15, 0.2) is 72.9 Å². The molecule has 1 saturated heterocycles. The van der Waals surface area contributed by atoms with Crippen molar-refractivity contribution in [1.29, 1.82) is 0 Å². The van der Waals surface area contributed by atoms with Crippen molar-refractivity contribution in [2.75, 3.05) is 13.1 Å². The van der Waals surface area contributed by atoms with Crippen molar-refractivity contribution in [3.8, 4) is 0 Å². The van der Waals surface area contributed by atoms with Crippen LogP contribution in [-0.4, -0.2) is 41.0 Å². The van der Waals surface area contributed by atoms with E-state index in [0.717, 1.165) is 48.6 Å². The summed E-state index contributed by atoms with van der Waals surface area (Å²) in [5.74, 6) is -0.690. The van der Waals surface area contributed by atoms with E-state index >= 15 is 0 Å². The van der Waals surface area contributed by atoms with Gasteiger partial charge in [-0.2, -0.15) is 0 Å². The Balaban J connectivity index is 1.13. The molecule has 3 aromatic carbocycles. The monoisotopic (exact) mass is 456 g/mol. The van der Waals surface area contributed by atoms with Crippen LogP contribution in [-0.2, 0) is 6.54 Å². The predicted molar refractivity (Wildman–Crippen MR) is 130 cm³/mol. The number of fused-ring (bicyclic) bond motifs is 2. The predicted octanol–water partition coefficient (Wildman–Crippen LogP) is 4.63. The Morgan fingerprint density at radius 1 is 0.941 bits per heavy atom. The average Bonchev–Trinajstić information content (AvgIpc) is 2.85. The van der Waals surface area contributed by atoms with E-state index in [4.69, 9.17) is 0 Å². The molecular formula is C27H25FN4O2. The molecule has 1 aromatic heterocycles. The van der Waals surface area contributed by atoms with Gasteiger partial charge in [0.05, 0.1) is 11.1 Å². The van der Waals surface area contributed by atoms with Gasteiger partial charge in [-0.05, 0) is 59.5 Å². The van der Waals surface area contributed by atoms with Crippen molar-refractivity contribution >= 4 is 33.6 Å². The van der Waals surface area contributed by atoms with E-state index in [1.807, 2.05) is 30.3 Å². The molecule has 5 rings (SSSR count). The van der Waals surface area contributed by atoms with Gasteiger partial charge < -0.3 is 5.32 Å². The van der Waals surface area contributed by atoms with Gasteiger partial charge in [0.1, 0.15) is 5.82 Å². The second-order valence-electron chi connectivity index (χ2n) is 8.68. The molecule has 34 heavy (non-hydrogen) atoms. The van der Waals surface area contributed by atoms with E-state index < -0.39 is 11.9 Å². The first kappa shape index (κ1) is 22.0. The number of carbonyl (C=O) groups is 2. The molecule has 172 valence electrons. The van der Waals surface area contributed by atoms with Crippen LogP contribution >= 0.6 is 0 Å². The fourth-order valence-corrected chi connectivity index (χ4v) is 4.54. The van der Waals surface area contributed by atoms with Gasteiger partial charge in [0.2, 0.25) is 0 Å². The zero-order valence-corrected chi connectivity index (χ0v) is 18.6. The first-order valence-corrected chi connectivity index (χ1v) is 11.4. The number of aromatic nitrogens is 1. The Morgan fingerprint density at radius 2 is 1.71 bits per heavy atom. The highest BCUT2D eigenvalue weighted by Gasteiger charge is 2.22. The molecule has 0 unspecified atom stereocenters. The average molecular weight is 457 g/mol. The van der Waals surface area contributed by atoms with Gasteiger partial charge in [-0.1, -0.05) is 36.4 Å². The van der Waals surface area contributed by atoms with Crippen LogP contribution in [0, 0.1) is 5.82 Å². The number of rotatable bonds is 4. The molecule has 3 amide bonds. The summed E-state index contributed by atoms with van der Waals surface area (Å²) in [6.45, 7) is 2.49. The van der Waals surface area contributed by atoms with Crippen LogP contribution in [0.1, 0.15) is 28.8 Å². The molecule has 0 bridgehead atoms. The van der Waals surface area contributed by atoms with Crippen LogP contribution in [0.4, 0.5) is 9.18 Å². The third kappa shape index (κ3) is 4.89. The molecule has 0 atom stereocenters. The number of nitrogens with zero attached hydrogens (tertiary/aromatic N) is 2. The van der Waals surface area contributed by atoms with E-state index in [-0.39, 0.29) is 11.9 Å². The number of piperidine rings is 1. The maximum atomic E-state index is 13.4. The smallest absolute Gasteiger partial charge is 0.321 e. The number of hydrogen-bond donors (Lipinski definition) is 2. The number of urea groups is 1. The number of amides is 3. The van der Waals surface area contributed by atoms with E-state index in [1.54, 1.807) is 30.5 Å². The van der Waals surface area contributed by atoms with Crippen LogP contribution in [0.25, 0.3) is 21.7 Å². The van der Waals surface area contributed by atoms with Gasteiger partial charge in [0.15, 0.2) is 0 Å². The molecule has 6 nitrogen and oxygen atoms in total. The maximum Gasteiger partial charge on any atom is 0.321 e. The summed E-state index contributed by atoms with van der Waals surface area (Å²) in [6, 6.07) is 19.5. The van der Waals surface area contributed by atoms with Crippen LogP contribution in [0.5, 0.6) is 0 Å². The molecule has 1 aliphatic rings. The highest BCUT2D eigenvalue weighted by Crippen LogP contribution is 2.20. The Kier molecular flexibility index (Phi) is 6.18. The van der Waals surface area contributed by atoms with Crippen molar-refractivity contribution < 1.29 is 14.0 Å². The van der Waals surface area contributed by atoms with Gasteiger partial charge in [-0.3, -0.25) is 20.0 Å². The maximum absolute atomic E-state index is 13.4. The molecule has 0 aliphatic carbocycles. The van der Waals surface area contributed by atoms with E-state index in [2.05, 4.69) is 26.6 Å². The fourth-order valence-electron chi connectivity index (χ4n) is 4.54. The zero-order chi connectivity index (χ0) is 23.5. The van der Waals surface area contributed by atoms with Crippen LogP contribution in [0.2, 0.25) is 0 Å². The highest BCUT2D eigenvalue weighted by molar-refractivity contribution is 6.10. The van der Waals surface area contributed by atoms with Crippen molar-refractivity contribution in [2.45, 2.75) is 25.4 Å². The Hall–Kier alpha value is -3.84. The molecule has 1 fully saturated rings. The molecule has 7 heteroatoms. The topological polar surface area (TPSA) is 74.3 Å². The molecule has 0 spiro atoms.